The maximum absolute atomic E-state index is 2.21. The zero-order chi connectivity index (χ0) is 4.12. The fraction of sp³-hybridized carbons (Fsp3) is 1.00. The first-order valence-electron chi connectivity index (χ1n) is 2.41. The van der Waals surface area contributed by atoms with Crippen molar-refractivity contribution in [1.29, 1.82) is 0 Å². The molecule has 0 aromatic carbocycles. The molecule has 0 unspecified atom stereocenters. The molecule has 0 spiro atoms. The van der Waals surface area contributed by atoms with E-state index in [-0.39, 0.29) is 67.7 Å². The fourth-order valence-electron chi connectivity index (χ4n) is 0.354. The molecule has 0 fully saturated rings. The Kier molecular flexibility index (Phi) is 36.1. The van der Waals surface area contributed by atoms with Gasteiger partial charge in [-0.05, 0) is 0 Å². The molecule has 0 N–H and O–H groups in total. The molecule has 0 aromatic rings. The summed E-state index contributed by atoms with van der Waals surface area (Å²) in [7, 11) is 0. The van der Waals surface area contributed by atoms with Crippen LogP contribution < -0.4 is 0 Å². The molecule has 0 bridgehead atoms. The van der Waals surface area contributed by atoms with E-state index in [1.165, 1.54) is 19.3 Å². The van der Waals surface area contributed by atoms with Gasteiger partial charge < -0.3 is 0 Å². The minimum atomic E-state index is 0. The van der Waals surface area contributed by atoms with E-state index in [1.54, 1.807) is 0 Å². The zero-order valence-corrected chi connectivity index (χ0v) is 4.12. The summed E-state index contributed by atoms with van der Waals surface area (Å²) in [5.41, 5.74) is 0. The first-order chi connectivity index (χ1) is 2.41. The molecule has 2 heteroatoms. The average Bonchev–Trinajstić information content (AvgIpc) is 1.41. The summed E-state index contributed by atoms with van der Waals surface area (Å²) < 4.78 is 0. The number of hydrogen-bond donors (Lipinski definition) is 0. The van der Waals surface area contributed by atoms with Crippen molar-refractivity contribution in [3.05, 3.63) is 0 Å². The van der Waals surface area contributed by atoms with Gasteiger partial charge in [-0.3, -0.25) is 0 Å². The second kappa shape index (κ2) is 15.7. The monoisotopic (exact) mass is 220 g/mol. The standard InChI is InChI=1S/C5H12.Ba.Li.3H/c1-3-5-4-2;;;;;/h3-5H2,1-2H3;;;;;. The Bertz CT molecular complexity index is 15.6. The van der Waals surface area contributed by atoms with Crippen LogP contribution in [0.3, 0.4) is 0 Å². The van der Waals surface area contributed by atoms with E-state index < -0.39 is 0 Å². The van der Waals surface area contributed by atoms with Crippen molar-refractivity contribution >= 4 is 67.7 Å². The average molecular weight is 219 g/mol. The molecule has 0 amide bonds. The Morgan fingerprint density at radius 2 is 1.29 bits per heavy atom. The zero-order valence-electron chi connectivity index (χ0n) is 4.12. The molecule has 0 radical (unpaired) electrons. The van der Waals surface area contributed by atoms with Crippen LogP contribution in [0.5, 0.6) is 0 Å². The Balaban J connectivity index is -0.0000000800. The quantitative estimate of drug-likeness (QED) is 0.598. The van der Waals surface area contributed by atoms with Crippen LogP contribution in [0.25, 0.3) is 0 Å². The van der Waals surface area contributed by atoms with Gasteiger partial charge in [-0.1, -0.05) is 33.1 Å². The van der Waals surface area contributed by atoms with Crippen molar-refractivity contribution in [1.82, 2.24) is 0 Å². The minimum absolute atomic E-state index is 0. The molecule has 7 heavy (non-hydrogen) atoms. The Morgan fingerprint density at radius 1 is 1.00 bits per heavy atom. The van der Waals surface area contributed by atoms with E-state index in [2.05, 4.69) is 13.8 Å². The molecule has 0 aromatic heterocycles. The van der Waals surface area contributed by atoms with Gasteiger partial charge in [0.25, 0.3) is 0 Å². The van der Waals surface area contributed by atoms with Crippen molar-refractivity contribution in [3.63, 3.8) is 0 Å². The van der Waals surface area contributed by atoms with Gasteiger partial charge >= 0.3 is 67.7 Å². The molecule has 0 heterocycles. The van der Waals surface area contributed by atoms with Gasteiger partial charge in [-0.2, -0.15) is 0 Å². The first kappa shape index (κ1) is 16.1. The Hall–Kier alpha value is 2.17. The molecule has 0 rings (SSSR count). The third-order valence-electron chi connectivity index (χ3n) is 0.707. The van der Waals surface area contributed by atoms with Gasteiger partial charge in [0.15, 0.2) is 0 Å². The van der Waals surface area contributed by atoms with E-state index in [4.69, 9.17) is 0 Å². The first-order valence-corrected chi connectivity index (χ1v) is 2.41. The van der Waals surface area contributed by atoms with Crippen LogP contribution in [-0.4, -0.2) is 67.7 Å². The van der Waals surface area contributed by atoms with Gasteiger partial charge in [0.2, 0.25) is 0 Å². The second-order valence-electron chi connectivity index (χ2n) is 1.35. The van der Waals surface area contributed by atoms with Crippen LogP contribution in [0.2, 0.25) is 0 Å². The van der Waals surface area contributed by atoms with E-state index in [9.17, 15) is 0 Å². The molecule has 0 aliphatic carbocycles. The number of rotatable bonds is 2. The van der Waals surface area contributed by atoms with Crippen molar-refractivity contribution < 1.29 is 0 Å². The Morgan fingerprint density at radius 3 is 1.29 bits per heavy atom. The Labute approximate surface area is 99.1 Å². The van der Waals surface area contributed by atoms with Crippen LogP contribution in [0, 0.1) is 0 Å². The molecule has 0 saturated heterocycles. The molecule has 0 atom stereocenters. The summed E-state index contributed by atoms with van der Waals surface area (Å²) in [6.07, 6.45) is 4.08. The number of unbranched alkanes of at least 4 members (excludes halogenated alkanes) is 2. The van der Waals surface area contributed by atoms with E-state index >= 15 is 0 Å². The van der Waals surface area contributed by atoms with Crippen LogP contribution >= 0.6 is 0 Å². The van der Waals surface area contributed by atoms with Crippen molar-refractivity contribution in [3.8, 4) is 0 Å². The third-order valence-corrected chi connectivity index (χ3v) is 0.707. The third kappa shape index (κ3) is 17.9. The molecule has 0 aliphatic heterocycles. The van der Waals surface area contributed by atoms with Crippen molar-refractivity contribution in [2.45, 2.75) is 33.1 Å². The summed E-state index contributed by atoms with van der Waals surface area (Å²) in [6, 6.07) is 0. The van der Waals surface area contributed by atoms with Crippen LogP contribution in [0.1, 0.15) is 33.1 Å². The molecular weight excluding hydrogens is 204 g/mol. The molecule has 38 valence electrons. The molecule has 0 saturated carbocycles. The van der Waals surface area contributed by atoms with Crippen LogP contribution in [0.4, 0.5) is 0 Å². The van der Waals surface area contributed by atoms with E-state index in [0.29, 0.717) is 0 Å². The second-order valence-corrected chi connectivity index (χ2v) is 1.35. The van der Waals surface area contributed by atoms with E-state index in [0.717, 1.165) is 0 Å². The van der Waals surface area contributed by atoms with Crippen LogP contribution in [-0.2, 0) is 0 Å². The summed E-state index contributed by atoms with van der Waals surface area (Å²) in [5.74, 6) is 0. The summed E-state index contributed by atoms with van der Waals surface area (Å²) in [5, 5.41) is 0. The van der Waals surface area contributed by atoms with Crippen LogP contribution in [0.15, 0.2) is 0 Å². The molecule has 0 aliphatic rings. The van der Waals surface area contributed by atoms with Gasteiger partial charge in [0.05, 0.1) is 0 Å². The predicted octanol–water partition coefficient (Wildman–Crippen LogP) is 0.632. The summed E-state index contributed by atoms with van der Waals surface area (Å²) in [6.45, 7) is 4.42. The predicted molar refractivity (Wildman–Crippen MR) is 40.9 cm³/mol. The van der Waals surface area contributed by atoms with Gasteiger partial charge in [-0.25, -0.2) is 0 Å². The van der Waals surface area contributed by atoms with Gasteiger partial charge in [0, 0.05) is 0 Å². The fourth-order valence-corrected chi connectivity index (χ4v) is 0.354. The van der Waals surface area contributed by atoms with Gasteiger partial charge in [-0.15, -0.1) is 0 Å². The molecule has 0 nitrogen and oxygen atoms in total. The topological polar surface area (TPSA) is 0 Å². The van der Waals surface area contributed by atoms with Gasteiger partial charge in [0.1, 0.15) is 0 Å². The molecular formula is C5H15BaLi. The summed E-state index contributed by atoms with van der Waals surface area (Å²) in [4.78, 5) is 0. The normalized spacial score (nSPS) is 6.00. The van der Waals surface area contributed by atoms with E-state index in [1.807, 2.05) is 0 Å². The summed E-state index contributed by atoms with van der Waals surface area (Å²) >= 11 is 0. The SMILES string of the molecule is CCCCC.[BaH2].[LiH]. The number of hydrogen-bond acceptors (Lipinski definition) is 0. The van der Waals surface area contributed by atoms with Crippen molar-refractivity contribution in [2.75, 3.05) is 0 Å². The van der Waals surface area contributed by atoms with Crippen molar-refractivity contribution in [2.24, 2.45) is 0 Å². The maximum atomic E-state index is 2.21.